The van der Waals surface area contributed by atoms with Gasteiger partial charge in [-0.3, -0.25) is 0 Å². The fourth-order valence-electron chi connectivity index (χ4n) is 1.67. The van der Waals surface area contributed by atoms with Crippen LogP contribution in [0.5, 0.6) is 5.75 Å². The van der Waals surface area contributed by atoms with E-state index in [9.17, 15) is 5.11 Å². The Morgan fingerprint density at radius 3 is 2.76 bits per heavy atom. The molecule has 0 saturated heterocycles. The minimum atomic E-state index is 0.210. The van der Waals surface area contributed by atoms with Crippen LogP contribution in [0, 0.1) is 0 Å². The molecule has 0 bridgehead atoms. The van der Waals surface area contributed by atoms with Crippen LogP contribution in [0.15, 0.2) is 22.7 Å². The van der Waals surface area contributed by atoms with E-state index in [2.05, 4.69) is 41.3 Å². The molecule has 0 spiro atoms. The number of rotatable bonds is 6. The van der Waals surface area contributed by atoms with E-state index in [1.165, 1.54) is 0 Å². The van der Waals surface area contributed by atoms with E-state index in [0.29, 0.717) is 11.0 Å². The molecule has 1 rings (SSSR count). The second kappa shape index (κ2) is 7.29. The van der Waals surface area contributed by atoms with E-state index in [1.54, 1.807) is 6.07 Å². The molecule has 0 fully saturated rings. The molecule has 2 unspecified atom stereocenters. The highest BCUT2D eigenvalue weighted by molar-refractivity contribution is 9.10. The first-order valence-corrected chi connectivity index (χ1v) is 7.91. The number of nitrogens with one attached hydrogen (secondary N) is 1. The van der Waals surface area contributed by atoms with Gasteiger partial charge in [-0.05, 0) is 30.9 Å². The average Bonchev–Trinajstić information content (AvgIpc) is 2.33. The van der Waals surface area contributed by atoms with Gasteiger partial charge in [-0.25, -0.2) is 0 Å². The molecule has 2 nitrogen and oxygen atoms in total. The molecule has 4 heteroatoms. The van der Waals surface area contributed by atoms with E-state index < -0.39 is 0 Å². The second-order valence-electron chi connectivity index (χ2n) is 4.12. The molecule has 0 aliphatic carbocycles. The summed E-state index contributed by atoms with van der Waals surface area (Å²) in [5.41, 5.74) is 0.968. The molecule has 0 aliphatic heterocycles. The molecule has 17 heavy (non-hydrogen) atoms. The van der Waals surface area contributed by atoms with Gasteiger partial charge in [-0.2, -0.15) is 11.8 Å². The first-order chi connectivity index (χ1) is 8.08. The van der Waals surface area contributed by atoms with E-state index in [1.807, 2.05) is 23.9 Å². The Balaban J connectivity index is 2.75. The summed E-state index contributed by atoms with van der Waals surface area (Å²) in [6.45, 7) is 5.28. The number of hydrogen-bond donors (Lipinski definition) is 2. The zero-order valence-electron chi connectivity index (χ0n) is 10.5. The number of hydrogen-bond acceptors (Lipinski definition) is 3. The molecule has 96 valence electrons. The maximum Gasteiger partial charge on any atom is 0.120 e. The monoisotopic (exact) mass is 317 g/mol. The lowest BCUT2D eigenvalue weighted by atomic mass is 10.0. The van der Waals surface area contributed by atoms with Crippen LogP contribution in [0.1, 0.15) is 31.9 Å². The Labute approximate surface area is 116 Å². The molecular formula is C13H20BrNOS. The summed E-state index contributed by atoms with van der Waals surface area (Å²) < 4.78 is 1.00. The van der Waals surface area contributed by atoms with Gasteiger partial charge >= 0.3 is 0 Å². The average molecular weight is 318 g/mol. The van der Waals surface area contributed by atoms with Crippen molar-refractivity contribution in [3.63, 3.8) is 0 Å². The van der Waals surface area contributed by atoms with Gasteiger partial charge in [0.25, 0.3) is 0 Å². The van der Waals surface area contributed by atoms with Crippen LogP contribution in [0.2, 0.25) is 0 Å². The summed E-state index contributed by atoms with van der Waals surface area (Å²) in [5.74, 6) is 0.365. The van der Waals surface area contributed by atoms with Gasteiger partial charge in [0, 0.05) is 27.9 Å². The topological polar surface area (TPSA) is 32.3 Å². The Kier molecular flexibility index (Phi) is 6.38. The van der Waals surface area contributed by atoms with Gasteiger partial charge in [0.15, 0.2) is 0 Å². The third-order valence-corrected chi connectivity index (χ3v) is 4.29. The van der Waals surface area contributed by atoms with Crippen molar-refractivity contribution in [1.29, 1.82) is 0 Å². The number of phenolic OH excluding ortho intramolecular Hbond substituents is 1. The summed E-state index contributed by atoms with van der Waals surface area (Å²) in [4.78, 5) is 0. The Bertz CT molecular complexity index is 359. The Morgan fingerprint density at radius 2 is 2.18 bits per heavy atom. The highest BCUT2D eigenvalue weighted by Gasteiger charge is 2.14. The summed E-state index contributed by atoms with van der Waals surface area (Å²) in [5, 5.41) is 14.0. The summed E-state index contributed by atoms with van der Waals surface area (Å²) in [6, 6.07) is 5.79. The van der Waals surface area contributed by atoms with Gasteiger partial charge in [0.2, 0.25) is 0 Å². The van der Waals surface area contributed by atoms with Crippen LogP contribution in [0.4, 0.5) is 0 Å². The number of halogens is 1. The van der Waals surface area contributed by atoms with Crippen molar-refractivity contribution in [2.24, 2.45) is 0 Å². The lowest BCUT2D eigenvalue weighted by molar-refractivity contribution is 0.442. The Morgan fingerprint density at radius 1 is 1.47 bits per heavy atom. The van der Waals surface area contributed by atoms with Crippen molar-refractivity contribution in [1.82, 2.24) is 5.32 Å². The summed E-state index contributed by atoms with van der Waals surface area (Å²) in [6.07, 6.45) is 3.08. The predicted molar refractivity (Wildman–Crippen MR) is 79.8 cm³/mol. The predicted octanol–water partition coefficient (Wildman–Crippen LogP) is 3.95. The quantitative estimate of drug-likeness (QED) is 0.833. The van der Waals surface area contributed by atoms with Gasteiger partial charge in [-0.1, -0.05) is 29.8 Å². The smallest absolute Gasteiger partial charge is 0.120 e. The van der Waals surface area contributed by atoms with Crippen LogP contribution in [-0.4, -0.2) is 23.2 Å². The molecule has 0 amide bonds. The van der Waals surface area contributed by atoms with Gasteiger partial charge in [0.1, 0.15) is 5.75 Å². The highest BCUT2D eigenvalue weighted by Crippen LogP contribution is 2.29. The van der Waals surface area contributed by atoms with Crippen LogP contribution in [0.25, 0.3) is 0 Å². The van der Waals surface area contributed by atoms with Gasteiger partial charge in [-0.15, -0.1) is 0 Å². The van der Waals surface area contributed by atoms with Crippen LogP contribution >= 0.6 is 27.7 Å². The van der Waals surface area contributed by atoms with E-state index in [0.717, 1.165) is 23.0 Å². The van der Waals surface area contributed by atoms with Crippen molar-refractivity contribution in [3.05, 3.63) is 28.2 Å². The number of aromatic hydroxyl groups is 1. The van der Waals surface area contributed by atoms with Gasteiger partial charge < -0.3 is 10.4 Å². The van der Waals surface area contributed by atoms with Crippen LogP contribution < -0.4 is 5.32 Å². The number of benzene rings is 1. The first-order valence-electron chi connectivity index (χ1n) is 5.83. The zero-order valence-corrected chi connectivity index (χ0v) is 12.9. The molecule has 0 radical (unpaired) electrons. The fraction of sp³-hybridized carbons (Fsp3) is 0.538. The van der Waals surface area contributed by atoms with Crippen molar-refractivity contribution >= 4 is 27.7 Å². The third kappa shape index (κ3) is 4.53. The maximum absolute atomic E-state index is 9.89. The third-order valence-electron chi connectivity index (χ3n) is 2.83. The lowest BCUT2D eigenvalue weighted by Gasteiger charge is -2.20. The molecular weight excluding hydrogens is 298 g/mol. The largest absolute Gasteiger partial charge is 0.508 e. The number of thioether (sulfide) groups is 1. The molecule has 0 saturated carbocycles. The van der Waals surface area contributed by atoms with E-state index in [4.69, 9.17) is 0 Å². The van der Waals surface area contributed by atoms with E-state index in [-0.39, 0.29) is 6.04 Å². The van der Waals surface area contributed by atoms with Crippen molar-refractivity contribution < 1.29 is 5.11 Å². The molecule has 2 atom stereocenters. The molecule has 1 aromatic carbocycles. The molecule has 2 N–H and O–H groups in total. The molecule has 1 aromatic rings. The molecule has 0 heterocycles. The van der Waals surface area contributed by atoms with Crippen molar-refractivity contribution in [3.8, 4) is 5.75 Å². The van der Waals surface area contributed by atoms with Crippen molar-refractivity contribution in [2.45, 2.75) is 31.6 Å². The normalized spacial score (nSPS) is 14.6. The lowest BCUT2D eigenvalue weighted by Crippen LogP contribution is -2.27. The molecule has 0 aliphatic rings. The Hall–Kier alpha value is -0.190. The summed E-state index contributed by atoms with van der Waals surface area (Å²) in [7, 11) is 0. The minimum Gasteiger partial charge on any atom is -0.508 e. The zero-order chi connectivity index (χ0) is 12.8. The summed E-state index contributed by atoms with van der Waals surface area (Å²) >= 11 is 5.29. The molecule has 0 aromatic heterocycles. The van der Waals surface area contributed by atoms with Crippen LogP contribution in [-0.2, 0) is 0 Å². The maximum atomic E-state index is 9.89. The first kappa shape index (κ1) is 14.9. The van der Waals surface area contributed by atoms with E-state index >= 15 is 0 Å². The van der Waals surface area contributed by atoms with Crippen LogP contribution in [0.3, 0.4) is 0 Å². The standard InChI is InChI=1S/C13H20BrNOS/c1-4-12(15-8-9(2)17-3)11-7-10(14)5-6-13(11)16/h5-7,9,12,15-16H,4,8H2,1-3H3. The second-order valence-corrected chi connectivity index (χ2v) is 6.31. The minimum absolute atomic E-state index is 0.210. The SMILES string of the molecule is CCC(NCC(C)SC)c1cc(Br)ccc1O. The highest BCUT2D eigenvalue weighted by atomic mass is 79.9. The number of phenols is 1. The fourth-order valence-corrected chi connectivity index (χ4v) is 2.31. The van der Waals surface area contributed by atoms with Crippen molar-refractivity contribution in [2.75, 3.05) is 12.8 Å². The van der Waals surface area contributed by atoms with Gasteiger partial charge in [0.05, 0.1) is 0 Å².